The SMILES string of the molecule is COc1cccc2c1C(=O)c1c(O)c3c(c(O)c1C2=O)C[C@@](O)(C(=O)CO)C[C@@H]3O[C@H]1C[C@H](NC(=O)C[C@H](NC(C)=O)C(=O)O)[C@H](O)[C@H](C)O1. The molecule has 2 aromatic carbocycles. The van der Waals surface area contributed by atoms with Gasteiger partial charge in [-0.3, -0.25) is 24.0 Å². The topological polar surface area (TPSA) is 276 Å². The van der Waals surface area contributed by atoms with Gasteiger partial charge in [-0.1, -0.05) is 12.1 Å². The third-order valence-electron chi connectivity index (χ3n) is 9.17. The van der Waals surface area contributed by atoms with Crippen molar-refractivity contribution >= 4 is 35.1 Å². The van der Waals surface area contributed by atoms with Gasteiger partial charge >= 0.3 is 5.97 Å². The highest BCUT2D eigenvalue weighted by atomic mass is 16.7. The molecule has 17 nitrogen and oxygen atoms in total. The Morgan fingerprint density at radius 2 is 1.76 bits per heavy atom. The summed E-state index contributed by atoms with van der Waals surface area (Å²) in [6.45, 7) is 1.40. The highest BCUT2D eigenvalue weighted by Gasteiger charge is 2.50. The van der Waals surface area contributed by atoms with E-state index in [0.717, 1.165) is 6.92 Å². The van der Waals surface area contributed by atoms with Crippen molar-refractivity contribution in [3.8, 4) is 17.2 Å². The number of aliphatic hydroxyl groups excluding tert-OH is 2. The number of aliphatic hydroxyl groups is 3. The number of hydrogen-bond donors (Lipinski definition) is 8. The number of nitrogens with one attached hydrogen (secondary N) is 2. The molecule has 1 heterocycles. The van der Waals surface area contributed by atoms with Gasteiger partial charge in [0.15, 0.2) is 17.9 Å². The zero-order valence-electron chi connectivity index (χ0n) is 27.1. The molecule has 5 rings (SSSR count). The number of hydrogen-bond acceptors (Lipinski definition) is 14. The molecule has 7 atom stereocenters. The molecule has 0 unspecified atom stereocenters. The Bertz CT molecular complexity index is 1790. The summed E-state index contributed by atoms with van der Waals surface area (Å²) in [7, 11) is 1.28. The molecule has 2 amide bonds. The summed E-state index contributed by atoms with van der Waals surface area (Å²) >= 11 is 0. The van der Waals surface area contributed by atoms with Crippen LogP contribution in [0.25, 0.3) is 0 Å². The number of carboxylic acid groups (broad SMARTS) is 1. The van der Waals surface area contributed by atoms with E-state index in [0.29, 0.717) is 0 Å². The van der Waals surface area contributed by atoms with Crippen LogP contribution in [0.2, 0.25) is 0 Å². The summed E-state index contributed by atoms with van der Waals surface area (Å²) in [6, 6.07) is 1.55. The number of rotatable bonds is 10. The smallest absolute Gasteiger partial charge is 0.326 e. The Kier molecular flexibility index (Phi) is 10.00. The molecule has 0 bridgehead atoms. The van der Waals surface area contributed by atoms with E-state index >= 15 is 0 Å². The van der Waals surface area contributed by atoms with E-state index in [2.05, 4.69) is 10.6 Å². The zero-order valence-corrected chi connectivity index (χ0v) is 27.1. The van der Waals surface area contributed by atoms with Gasteiger partial charge in [0, 0.05) is 42.9 Å². The Labute approximate surface area is 283 Å². The number of Topliss-reactive ketones (excluding diaryl/α,β-unsaturated/α-hetero) is 1. The fraction of sp³-hybridized carbons (Fsp3) is 0.455. The number of ketones is 3. The number of carbonyl (C=O) groups excluding carboxylic acids is 5. The lowest BCUT2D eigenvalue weighted by Crippen LogP contribution is -2.56. The van der Waals surface area contributed by atoms with Crippen LogP contribution in [-0.4, -0.2) is 116 Å². The molecular formula is C33H36N2O15. The molecule has 0 spiro atoms. The first-order valence-electron chi connectivity index (χ1n) is 15.5. The summed E-state index contributed by atoms with van der Waals surface area (Å²) in [5, 5.41) is 69.1. The molecular weight excluding hydrogens is 664 g/mol. The van der Waals surface area contributed by atoms with E-state index in [4.69, 9.17) is 14.2 Å². The van der Waals surface area contributed by atoms with Crippen molar-refractivity contribution in [2.75, 3.05) is 13.7 Å². The van der Waals surface area contributed by atoms with Crippen molar-refractivity contribution in [3.63, 3.8) is 0 Å². The normalized spacial score (nSPS) is 26.2. The first-order chi connectivity index (χ1) is 23.5. The molecule has 8 N–H and O–H groups in total. The van der Waals surface area contributed by atoms with E-state index in [-0.39, 0.29) is 34.4 Å². The van der Waals surface area contributed by atoms with Crippen LogP contribution in [0, 0.1) is 0 Å². The van der Waals surface area contributed by atoms with Crippen LogP contribution in [0.5, 0.6) is 17.2 Å². The van der Waals surface area contributed by atoms with Crippen LogP contribution in [-0.2, 0) is 35.1 Å². The molecule has 2 aromatic rings. The minimum Gasteiger partial charge on any atom is -0.507 e. The quantitative estimate of drug-likeness (QED) is 0.120. The number of benzene rings is 2. The predicted molar refractivity (Wildman–Crippen MR) is 166 cm³/mol. The molecule has 1 fully saturated rings. The molecule has 1 saturated heterocycles. The number of phenolic OH excluding ortho intramolecular Hbond substituents is 2. The lowest BCUT2D eigenvalue weighted by Gasteiger charge is -2.43. The van der Waals surface area contributed by atoms with Crippen LogP contribution in [0.15, 0.2) is 18.2 Å². The maximum atomic E-state index is 13.8. The maximum absolute atomic E-state index is 13.8. The Balaban J connectivity index is 1.52. The maximum Gasteiger partial charge on any atom is 0.326 e. The van der Waals surface area contributed by atoms with Crippen LogP contribution in [0.4, 0.5) is 0 Å². The van der Waals surface area contributed by atoms with Gasteiger partial charge in [0.1, 0.15) is 41.6 Å². The van der Waals surface area contributed by atoms with Gasteiger partial charge in [0.25, 0.3) is 0 Å². The number of aromatic hydroxyl groups is 2. The van der Waals surface area contributed by atoms with Crippen LogP contribution < -0.4 is 15.4 Å². The second-order valence-electron chi connectivity index (χ2n) is 12.5. The molecule has 0 saturated carbocycles. The highest BCUT2D eigenvalue weighted by Crippen LogP contribution is 2.52. The van der Waals surface area contributed by atoms with Gasteiger partial charge in [-0.05, 0) is 13.0 Å². The Hall–Kier alpha value is -4.94. The molecule has 2 aliphatic carbocycles. The van der Waals surface area contributed by atoms with Gasteiger partial charge < -0.3 is 55.5 Å². The van der Waals surface area contributed by atoms with Crippen molar-refractivity contribution in [1.29, 1.82) is 0 Å². The largest absolute Gasteiger partial charge is 0.507 e. The van der Waals surface area contributed by atoms with E-state index < -0.39 is 126 Å². The van der Waals surface area contributed by atoms with Crippen molar-refractivity contribution in [1.82, 2.24) is 10.6 Å². The van der Waals surface area contributed by atoms with Gasteiger partial charge in [0.2, 0.25) is 17.6 Å². The molecule has 0 radical (unpaired) electrons. The standard InChI is InChI=1S/C33H36N2O15/c1-12-27(40)16(35-21(39)7-17(32(45)46)34-13(2)37)8-22(49-12)50-19-10-33(47,20(38)11-36)9-15-24(19)31(44)26-25(29(15)42)28(41)14-5-4-6-18(48-3)23(14)30(26)43/h4-6,12,16-17,19,22,27,36,40,42,44,47H,7-11H2,1-3H3,(H,34,37)(H,35,39)(H,45,46)/t12-,16-,17-,19-,22-,27+,33-/m0/s1. The third-order valence-corrected chi connectivity index (χ3v) is 9.17. The van der Waals surface area contributed by atoms with Crippen molar-refractivity contribution in [3.05, 3.63) is 51.6 Å². The fourth-order valence-corrected chi connectivity index (χ4v) is 6.76. The van der Waals surface area contributed by atoms with Gasteiger partial charge in [-0.15, -0.1) is 0 Å². The van der Waals surface area contributed by atoms with Gasteiger partial charge in [0.05, 0.1) is 48.5 Å². The summed E-state index contributed by atoms with van der Waals surface area (Å²) in [6.07, 6.45) is -7.55. The molecule has 1 aliphatic heterocycles. The van der Waals surface area contributed by atoms with Gasteiger partial charge in [-0.2, -0.15) is 0 Å². The fourth-order valence-electron chi connectivity index (χ4n) is 6.76. The number of phenols is 2. The van der Waals surface area contributed by atoms with Crippen molar-refractivity contribution in [2.24, 2.45) is 0 Å². The molecule has 268 valence electrons. The number of fused-ring (bicyclic) bond motifs is 3. The monoisotopic (exact) mass is 700 g/mol. The Morgan fingerprint density at radius 1 is 1.08 bits per heavy atom. The number of ether oxygens (including phenoxy) is 3. The lowest BCUT2D eigenvalue weighted by molar-refractivity contribution is -0.249. The number of carboxylic acids is 1. The average molecular weight is 701 g/mol. The van der Waals surface area contributed by atoms with Crippen LogP contribution >= 0.6 is 0 Å². The summed E-state index contributed by atoms with van der Waals surface area (Å²) in [4.78, 5) is 76.0. The van der Waals surface area contributed by atoms with Crippen LogP contribution in [0.1, 0.15) is 82.2 Å². The summed E-state index contributed by atoms with van der Waals surface area (Å²) in [5.74, 6) is -7.33. The molecule has 50 heavy (non-hydrogen) atoms. The number of aliphatic carboxylic acids is 1. The van der Waals surface area contributed by atoms with E-state index in [9.17, 15) is 59.4 Å². The molecule has 0 aromatic heterocycles. The number of carbonyl (C=O) groups is 6. The lowest BCUT2D eigenvalue weighted by atomic mass is 9.72. The minimum atomic E-state index is -2.39. The van der Waals surface area contributed by atoms with Crippen LogP contribution in [0.3, 0.4) is 0 Å². The zero-order chi connectivity index (χ0) is 36.8. The van der Waals surface area contributed by atoms with Crippen molar-refractivity contribution in [2.45, 2.75) is 81.8 Å². The number of amides is 2. The van der Waals surface area contributed by atoms with Crippen molar-refractivity contribution < 1.29 is 73.6 Å². The van der Waals surface area contributed by atoms with E-state index in [1.165, 1.54) is 32.2 Å². The first-order valence-corrected chi connectivity index (χ1v) is 15.5. The summed E-state index contributed by atoms with van der Waals surface area (Å²) in [5.41, 5.74) is -4.37. The van der Waals surface area contributed by atoms with E-state index in [1.807, 2.05) is 0 Å². The summed E-state index contributed by atoms with van der Waals surface area (Å²) < 4.78 is 17.2. The average Bonchev–Trinajstić information content (AvgIpc) is 3.05. The molecule has 3 aliphatic rings. The minimum absolute atomic E-state index is 0.0295. The highest BCUT2D eigenvalue weighted by molar-refractivity contribution is 6.31. The second kappa shape index (κ2) is 13.8. The first kappa shape index (κ1) is 36.3. The number of methoxy groups -OCH3 is 1. The Morgan fingerprint density at radius 3 is 2.38 bits per heavy atom. The predicted octanol–water partition coefficient (Wildman–Crippen LogP) is -0.862. The van der Waals surface area contributed by atoms with Gasteiger partial charge in [-0.25, -0.2) is 4.79 Å². The second-order valence-corrected chi connectivity index (χ2v) is 12.5. The third kappa shape index (κ3) is 6.40. The van der Waals surface area contributed by atoms with E-state index in [1.54, 1.807) is 0 Å². The molecule has 17 heteroatoms.